The van der Waals surface area contributed by atoms with Crippen LogP contribution in [0.2, 0.25) is 0 Å². The second-order valence-electron chi connectivity index (χ2n) is 6.94. The van der Waals surface area contributed by atoms with Gasteiger partial charge in [0.25, 0.3) is 0 Å². The van der Waals surface area contributed by atoms with Crippen molar-refractivity contribution in [3.63, 3.8) is 0 Å². The van der Waals surface area contributed by atoms with Crippen LogP contribution < -0.4 is 0 Å². The van der Waals surface area contributed by atoms with Crippen LogP contribution >= 0.6 is 0 Å². The maximum absolute atomic E-state index is 14.1. The van der Waals surface area contributed by atoms with Gasteiger partial charge in [-0.05, 0) is 41.5 Å². The number of alkyl halides is 2. The Bertz CT molecular complexity index is 632. The van der Waals surface area contributed by atoms with E-state index >= 15 is 0 Å². The zero-order chi connectivity index (χ0) is 18.8. The number of aryl methyl sites for hydroxylation is 2. The molecule has 2 rings (SSSR count). The molecule has 0 atom stereocenters. The molecule has 0 radical (unpaired) electrons. The Kier molecular flexibility index (Phi) is 8.24. The van der Waals surface area contributed by atoms with Gasteiger partial charge in [0.2, 0.25) is 0 Å². The van der Waals surface area contributed by atoms with Crippen molar-refractivity contribution in [3.05, 3.63) is 70.8 Å². The third kappa shape index (κ3) is 7.25. The van der Waals surface area contributed by atoms with Gasteiger partial charge in [-0.15, -0.1) is 0 Å². The number of hydrogen-bond donors (Lipinski definition) is 0. The zero-order valence-electron chi connectivity index (χ0n) is 15.9. The smallest absolute Gasteiger partial charge is 0.315 e. The third-order valence-corrected chi connectivity index (χ3v) is 4.51. The quantitative estimate of drug-likeness (QED) is 0.404. The van der Waals surface area contributed by atoms with Crippen LogP contribution in [-0.2, 0) is 30.6 Å². The average molecular weight is 360 g/mol. The van der Waals surface area contributed by atoms with Gasteiger partial charge >= 0.3 is 6.11 Å². The maximum Gasteiger partial charge on any atom is 0.360 e. The summed E-state index contributed by atoms with van der Waals surface area (Å²) in [6, 6.07) is 15.2. The average Bonchev–Trinajstić information content (AvgIpc) is 2.63. The fourth-order valence-electron chi connectivity index (χ4n) is 2.97. The summed E-state index contributed by atoms with van der Waals surface area (Å²) in [5, 5.41) is 0. The number of halogens is 2. The number of unbranched alkanes of at least 4 members (excludes halogenated alkanes) is 2. The lowest BCUT2D eigenvalue weighted by Crippen LogP contribution is -2.23. The molecule has 0 N–H and O–H groups in total. The molecule has 0 aliphatic rings. The summed E-state index contributed by atoms with van der Waals surface area (Å²) in [5.74, 6) is 0. The highest BCUT2D eigenvalue weighted by Gasteiger charge is 2.30. The molecule has 0 aromatic heterocycles. The Hall–Kier alpha value is -1.74. The summed E-state index contributed by atoms with van der Waals surface area (Å²) in [4.78, 5) is 0. The van der Waals surface area contributed by atoms with Crippen molar-refractivity contribution < 1.29 is 13.5 Å². The lowest BCUT2D eigenvalue weighted by Gasteiger charge is -2.17. The molecular weight excluding hydrogens is 330 g/mol. The fourth-order valence-corrected chi connectivity index (χ4v) is 2.97. The molecule has 0 bridgehead atoms. The molecule has 1 nitrogen and oxygen atoms in total. The Morgan fingerprint density at radius 1 is 0.692 bits per heavy atom. The maximum atomic E-state index is 14.1. The summed E-state index contributed by atoms with van der Waals surface area (Å²) in [7, 11) is 0. The van der Waals surface area contributed by atoms with E-state index in [2.05, 4.69) is 13.8 Å². The molecule has 2 aromatic carbocycles. The van der Waals surface area contributed by atoms with Crippen LogP contribution in [0.5, 0.6) is 0 Å². The van der Waals surface area contributed by atoms with Crippen molar-refractivity contribution in [3.8, 4) is 0 Å². The molecule has 0 saturated heterocycles. The van der Waals surface area contributed by atoms with E-state index in [1.807, 2.05) is 36.4 Å². The van der Waals surface area contributed by atoms with E-state index in [9.17, 15) is 8.78 Å². The minimum absolute atomic E-state index is 0.0749. The Labute approximate surface area is 156 Å². The first-order valence-corrected chi connectivity index (χ1v) is 9.70. The van der Waals surface area contributed by atoms with E-state index < -0.39 is 12.5 Å². The topological polar surface area (TPSA) is 9.23 Å². The van der Waals surface area contributed by atoms with Crippen molar-refractivity contribution >= 4 is 0 Å². The van der Waals surface area contributed by atoms with Crippen molar-refractivity contribution in [1.82, 2.24) is 0 Å². The van der Waals surface area contributed by atoms with E-state index in [0.29, 0.717) is 5.56 Å². The minimum atomic E-state index is -3.16. The van der Waals surface area contributed by atoms with E-state index in [4.69, 9.17) is 4.74 Å². The van der Waals surface area contributed by atoms with Crippen molar-refractivity contribution in [2.24, 2.45) is 0 Å². The number of rotatable bonds is 11. The van der Waals surface area contributed by atoms with Gasteiger partial charge in [0.05, 0.1) is 13.0 Å². The highest BCUT2D eigenvalue weighted by Crippen LogP contribution is 2.24. The van der Waals surface area contributed by atoms with Gasteiger partial charge in [-0.1, -0.05) is 81.6 Å². The standard InChI is InChI=1S/C23H30F2O/c1-3-5-6-8-20-9-13-21(14-10-20)17-23(24,25)26-18-22-15-11-19(7-4-2)12-16-22/h9-16H,3-8,17-18H2,1-2H3. The SMILES string of the molecule is CCCCCc1ccc(CC(F)(F)OCc2ccc(CCC)cc2)cc1. The monoisotopic (exact) mass is 360 g/mol. The van der Waals surface area contributed by atoms with E-state index in [-0.39, 0.29) is 6.61 Å². The largest absolute Gasteiger partial charge is 0.360 e. The molecule has 0 spiro atoms. The van der Waals surface area contributed by atoms with E-state index in [0.717, 1.165) is 31.2 Å². The Morgan fingerprint density at radius 2 is 1.23 bits per heavy atom. The predicted molar refractivity (Wildman–Crippen MR) is 104 cm³/mol. The fraction of sp³-hybridized carbons (Fsp3) is 0.478. The van der Waals surface area contributed by atoms with Crippen LogP contribution in [0.1, 0.15) is 61.8 Å². The Balaban J connectivity index is 1.83. The molecule has 0 aliphatic carbocycles. The molecule has 2 aromatic rings. The highest BCUT2D eigenvalue weighted by atomic mass is 19.3. The first kappa shape index (κ1) is 20.6. The van der Waals surface area contributed by atoms with Crippen molar-refractivity contribution in [2.45, 2.75) is 71.5 Å². The second kappa shape index (κ2) is 10.4. The molecule has 0 unspecified atom stereocenters. The van der Waals surface area contributed by atoms with Gasteiger partial charge in [0, 0.05) is 0 Å². The van der Waals surface area contributed by atoms with Crippen LogP contribution in [-0.4, -0.2) is 6.11 Å². The normalized spacial score (nSPS) is 11.7. The number of benzene rings is 2. The summed E-state index contributed by atoms with van der Waals surface area (Å²) < 4.78 is 33.1. The van der Waals surface area contributed by atoms with Crippen LogP contribution in [0.3, 0.4) is 0 Å². The van der Waals surface area contributed by atoms with Crippen molar-refractivity contribution in [2.75, 3.05) is 0 Å². The molecule has 0 heterocycles. The molecule has 3 heteroatoms. The number of hydrogen-bond acceptors (Lipinski definition) is 1. The summed E-state index contributed by atoms with van der Waals surface area (Å²) >= 11 is 0. The van der Waals surface area contributed by atoms with E-state index in [1.54, 1.807) is 12.1 Å². The predicted octanol–water partition coefficient (Wildman–Crippen LogP) is 6.72. The Morgan fingerprint density at radius 3 is 1.81 bits per heavy atom. The van der Waals surface area contributed by atoms with Crippen LogP contribution in [0, 0.1) is 0 Å². The highest BCUT2D eigenvalue weighted by molar-refractivity contribution is 5.24. The van der Waals surface area contributed by atoms with Crippen molar-refractivity contribution in [1.29, 1.82) is 0 Å². The molecule has 142 valence electrons. The van der Waals surface area contributed by atoms with Gasteiger partial charge < -0.3 is 4.74 Å². The van der Waals surface area contributed by atoms with Crippen LogP contribution in [0.25, 0.3) is 0 Å². The van der Waals surface area contributed by atoms with Crippen LogP contribution in [0.15, 0.2) is 48.5 Å². The molecule has 26 heavy (non-hydrogen) atoms. The molecule has 0 saturated carbocycles. The summed E-state index contributed by atoms with van der Waals surface area (Å²) in [5.41, 5.74) is 3.81. The minimum Gasteiger partial charge on any atom is -0.315 e. The number of ether oxygens (including phenoxy) is 1. The van der Waals surface area contributed by atoms with Gasteiger partial charge in [-0.3, -0.25) is 0 Å². The van der Waals surface area contributed by atoms with Gasteiger partial charge in [0.15, 0.2) is 0 Å². The molecule has 0 fully saturated rings. The van der Waals surface area contributed by atoms with Gasteiger partial charge in [-0.25, -0.2) is 0 Å². The second-order valence-corrected chi connectivity index (χ2v) is 6.94. The zero-order valence-corrected chi connectivity index (χ0v) is 15.9. The lowest BCUT2D eigenvalue weighted by molar-refractivity contribution is -0.244. The van der Waals surface area contributed by atoms with E-state index in [1.165, 1.54) is 24.0 Å². The first-order chi connectivity index (χ1) is 12.5. The molecule has 0 aliphatic heterocycles. The van der Waals surface area contributed by atoms with Gasteiger partial charge in [0.1, 0.15) is 0 Å². The summed E-state index contributed by atoms with van der Waals surface area (Å²) in [6.45, 7) is 4.22. The third-order valence-electron chi connectivity index (χ3n) is 4.51. The van der Waals surface area contributed by atoms with Crippen LogP contribution in [0.4, 0.5) is 8.78 Å². The van der Waals surface area contributed by atoms with Gasteiger partial charge in [-0.2, -0.15) is 8.78 Å². The lowest BCUT2D eigenvalue weighted by atomic mass is 10.0. The first-order valence-electron chi connectivity index (χ1n) is 9.70. The molecular formula is C23H30F2O. The summed E-state index contributed by atoms with van der Waals surface area (Å²) in [6.07, 6.45) is 3.07. The molecule has 0 amide bonds.